The molecule has 47 heavy (non-hydrogen) atoms. The lowest BCUT2D eigenvalue weighted by atomic mass is 9.52. The van der Waals surface area contributed by atoms with Crippen LogP contribution in [0.1, 0.15) is 81.4 Å². The summed E-state index contributed by atoms with van der Waals surface area (Å²) >= 11 is 0. The van der Waals surface area contributed by atoms with Gasteiger partial charge in [0.05, 0.1) is 17.2 Å². The Morgan fingerprint density at radius 2 is 1.66 bits per heavy atom. The van der Waals surface area contributed by atoms with Crippen molar-refractivity contribution in [3.8, 4) is 17.1 Å². The van der Waals surface area contributed by atoms with E-state index in [2.05, 4.69) is 39.5 Å². The van der Waals surface area contributed by atoms with Crippen molar-refractivity contribution in [2.75, 3.05) is 24.4 Å². The summed E-state index contributed by atoms with van der Waals surface area (Å²) in [5, 5.41) is 0. The Morgan fingerprint density at radius 3 is 2.32 bits per heavy atom. The standard InChI is InChI=1S/C37H46F2N4O3S/c1-23(2)15-27-22-46-32-17-31(33-24(3)7-5-8-25(33)4)40-35(41-32)42-47(44,45)30-10-6-9-26(16-30)34(27)28-18-36(19-28)11-13-43(14-12-36)29-20-37(38,39)21-29/h5-10,16-17,23,27-29,34H,11-15,18-22H2,1-4H3,(H,40,41,42)/t27-,34?/m1/s1. The first-order valence-corrected chi connectivity index (χ1v) is 18.6. The van der Waals surface area contributed by atoms with Crippen molar-refractivity contribution in [2.45, 2.75) is 95.4 Å². The molecule has 0 radical (unpaired) electrons. The molecule has 1 aromatic heterocycles. The number of rotatable bonds is 5. The summed E-state index contributed by atoms with van der Waals surface area (Å²) in [7, 11) is -3.98. The lowest BCUT2D eigenvalue weighted by Gasteiger charge is -2.57. The molecule has 4 bridgehead atoms. The first kappa shape index (κ1) is 32.4. The highest BCUT2D eigenvalue weighted by atomic mass is 32.2. The number of anilines is 1. The van der Waals surface area contributed by atoms with E-state index >= 15 is 0 Å². The van der Waals surface area contributed by atoms with Crippen molar-refractivity contribution >= 4 is 16.0 Å². The topological polar surface area (TPSA) is 84.4 Å². The van der Waals surface area contributed by atoms with Crippen LogP contribution in [0.4, 0.5) is 14.7 Å². The van der Waals surface area contributed by atoms with Crippen molar-refractivity contribution in [1.29, 1.82) is 0 Å². The normalized spacial score (nSPS) is 25.5. The number of sulfonamides is 1. The first-order chi connectivity index (χ1) is 22.3. The van der Waals surface area contributed by atoms with E-state index in [4.69, 9.17) is 4.74 Å². The number of nitrogens with one attached hydrogen (secondary N) is 1. The number of alkyl halides is 2. The molecule has 0 amide bonds. The number of hydrogen-bond acceptors (Lipinski definition) is 6. The second-order valence-corrected chi connectivity index (χ2v) is 16.9. The van der Waals surface area contributed by atoms with E-state index in [1.807, 2.05) is 50.2 Å². The van der Waals surface area contributed by atoms with Crippen molar-refractivity contribution in [3.63, 3.8) is 0 Å². The van der Waals surface area contributed by atoms with Crippen LogP contribution < -0.4 is 9.46 Å². The van der Waals surface area contributed by atoms with E-state index in [1.54, 1.807) is 6.07 Å². The lowest BCUT2D eigenvalue weighted by molar-refractivity contribution is -0.139. The number of halogens is 2. The van der Waals surface area contributed by atoms with Gasteiger partial charge in [0, 0.05) is 36.4 Å². The molecule has 2 aliphatic carbocycles. The fraction of sp³-hybridized carbons (Fsp3) is 0.568. The Labute approximate surface area is 277 Å². The van der Waals surface area contributed by atoms with Crippen LogP contribution in [0, 0.1) is 37.0 Å². The Balaban J connectivity index is 1.20. The SMILES string of the molecule is Cc1cccc(C)c1-c1cc2nc(n1)NS(=O)(=O)c1cccc(c1)C(C1CC3(CCN(C4CC(F)(F)C4)CC3)C1)[C@H](CC(C)C)CO2. The molecule has 1 unspecified atom stereocenters. The number of ether oxygens (including phenoxy) is 1. The third kappa shape index (κ3) is 6.52. The fourth-order valence-electron chi connectivity index (χ4n) is 8.97. The Morgan fingerprint density at radius 1 is 0.979 bits per heavy atom. The Bertz CT molecular complexity index is 1720. The van der Waals surface area contributed by atoms with Gasteiger partial charge in [0.15, 0.2) is 0 Å². The molecule has 4 aliphatic rings. The van der Waals surface area contributed by atoms with Crippen LogP contribution >= 0.6 is 0 Å². The molecule has 2 aliphatic heterocycles. The molecule has 1 N–H and O–H groups in total. The van der Waals surface area contributed by atoms with Gasteiger partial charge in [0.1, 0.15) is 0 Å². The van der Waals surface area contributed by atoms with Crippen LogP contribution in [0.15, 0.2) is 53.4 Å². The molecule has 1 saturated heterocycles. The minimum atomic E-state index is -3.98. The van der Waals surface area contributed by atoms with Crippen LogP contribution in [-0.4, -0.2) is 54.9 Å². The average molecular weight is 665 g/mol. The van der Waals surface area contributed by atoms with Crippen LogP contribution in [0.5, 0.6) is 5.88 Å². The van der Waals surface area contributed by atoms with Gasteiger partial charge in [-0.1, -0.05) is 44.2 Å². The summed E-state index contributed by atoms with van der Waals surface area (Å²) in [6, 6.07) is 15.3. The van der Waals surface area contributed by atoms with Crippen molar-refractivity contribution in [1.82, 2.24) is 14.9 Å². The molecule has 7 rings (SSSR count). The summed E-state index contributed by atoms with van der Waals surface area (Å²) < 4.78 is 63.9. The molecule has 2 aromatic carbocycles. The highest BCUT2D eigenvalue weighted by Gasteiger charge is 2.53. The van der Waals surface area contributed by atoms with Gasteiger partial charge in [0.2, 0.25) is 11.8 Å². The molecule has 2 saturated carbocycles. The lowest BCUT2D eigenvalue weighted by Crippen LogP contribution is -2.56. The van der Waals surface area contributed by atoms with Gasteiger partial charge in [-0.3, -0.25) is 4.90 Å². The molecule has 10 heteroatoms. The maximum absolute atomic E-state index is 13.8. The van der Waals surface area contributed by atoms with Gasteiger partial charge >= 0.3 is 0 Å². The number of piperidine rings is 1. The number of nitrogens with zero attached hydrogens (tertiary/aromatic N) is 3. The van der Waals surface area contributed by atoms with Crippen molar-refractivity contribution < 1.29 is 21.9 Å². The largest absolute Gasteiger partial charge is 0.477 e. The average Bonchev–Trinajstić information content (AvgIpc) is 2.97. The number of benzene rings is 2. The quantitative estimate of drug-likeness (QED) is 0.298. The zero-order valence-corrected chi connectivity index (χ0v) is 28.6. The maximum Gasteiger partial charge on any atom is 0.264 e. The molecular weight excluding hydrogens is 618 g/mol. The number of hydrogen-bond donors (Lipinski definition) is 1. The smallest absolute Gasteiger partial charge is 0.264 e. The second kappa shape index (κ2) is 12.1. The number of aromatic nitrogens is 2. The predicted octanol–water partition coefficient (Wildman–Crippen LogP) is 7.99. The van der Waals surface area contributed by atoms with Crippen LogP contribution in [0.2, 0.25) is 0 Å². The summed E-state index contributed by atoms with van der Waals surface area (Å²) in [5.74, 6) is -1.11. The van der Waals surface area contributed by atoms with Crippen molar-refractivity contribution in [3.05, 3.63) is 65.2 Å². The molecule has 7 nitrogen and oxygen atoms in total. The highest BCUT2D eigenvalue weighted by Crippen LogP contribution is 2.59. The van der Waals surface area contributed by atoms with Crippen molar-refractivity contribution in [2.24, 2.45) is 23.2 Å². The Hall–Kier alpha value is -3.11. The number of fused-ring (bicyclic) bond motifs is 4. The van der Waals surface area contributed by atoms with Gasteiger partial charge < -0.3 is 4.74 Å². The summed E-state index contributed by atoms with van der Waals surface area (Å²) in [6.45, 7) is 10.7. The molecule has 1 spiro atoms. The number of aryl methyl sites for hydroxylation is 2. The highest BCUT2D eigenvalue weighted by molar-refractivity contribution is 7.92. The zero-order chi connectivity index (χ0) is 33.1. The molecule has 3 aromatic rings. The number of likely N-dealkylation sites (tertiary alicyclic amines) is 1. The molecule has 2 atom stereocenters. The maximum atomic E-state index is 13.8. The fourth-order valence-corrected chi connectivity index (χ4v) is 9.97. The van der Waals surface area contributed by atoms with Gasteiger partial charge in [-0.2, -0.15) is 4.98 Å². The third-order valence-corrected chi connectivity index (χ3v) is 12.6. The van der Waals surface area contributed by atoms with Crippen LogP contribution in [-0.2, 0) is 10.0 Å². The van der Waals surface area contributed by atoms with E-state index < -0.39 is 15.9 Å². The third-order valence-electron chi connectivity index (χ3n) is 11.3. The summed E-state index contributed by atoms with van der Waals surface area (Å²) in [6.07, 6.45) is 5.11. The minimum absolute atomic E-state index is 0.00439. The zero-order valence-electron chi connectivity index (χ0n) is 27.8. The van der Waals surface area contributed by atoms with E-state index in [9.17, 15) is 17.2 Å². The van der Waals surface area contributed by atoms with Gasteiger partial charge in [-0.15, -0.1) is 0 Å². The second-order valence-electron chi connectivity index (χ2n) is 15.2. The Kier molecular flexibility index (Phi) is 8.35. The van der Waals surface area contributed by atoms with Crippen LogP contribution in [0.3, 0.4) is 0 Å². The molecule has 252 valence electrons. The monoisotopic (exact) mass is 664 g/mol. The van der Waals surface area contributed by atoms with E-state index in [-0.39, 0.29) is 47.0 Å². The van der Waals surface area contributed by atoms with E-state index in [0.29, 0.717) is 30.0 Å². The predicted molar refractivity (Wildman–Crippen MR) is 179 cm³/mol. The summed E-state index contributed by atoms with van der Waals surface area (Å²) in [5.41, 5.74) is 4.87. The van der Waals surface area contributed by atoms with Gasteiger partial charge in [-0.05, 0) is 111 Å². The van der Waals surface area contributed by atoms with E-state index in [1.165, 1.54) is 0 Å². The summed E-state index contributed by atoms with van der Waals surface area (Å²) in [4.78, 5) is 11.7. The molecular formula is C37H46F2N4O3S. The first-order valence-electron chi connectivity index (χ1n) is 17.1. The molecule has 3 heterocycles. The van der Waals surface area contributed by atoms with Crippen LogP contribution in [0.25, 0.3) is 11.3 Å². The molecule has 3 fully saturated rings. The minimum Gasteiger partial charge on any atom is -0.477 e. The van der Waals surface area contributed by atoms with Gasteiger partial charge in [0.25, 0.3) is 15.9 Å². The van der Waals surface area contributed by atoms with Gasteiger partial charge in [-0.25, -0.2) is 26.9 Å². The van der Waals surface area contributed by atoms with E-state index in [0.717, 1.165) is 67.4 Å².